The molecule has 148 valence electrons. The minimum Gasteiger partial charge on any atom is -0.355 e. The second-order valence-corrected chi connectivity index (χ2v) is 6.91. The van der Waals surface area contributed by atoms with Crippen molar-refractivity contribution in [3.63, 3.8) is 0 Å². The van der Waals surface area contributed by atoms with E-state index < -0.39 is 0 Å². The van der Waals surface area contributed by atoms with Gasteiger partial charge in [-0.3, -0.25) is 4.79 Å². The number of hydrogen-bond acceptors (Lipinski definition) is 4. The van der Waals surface area contributed by atoms with Crippen LogP contribution in [0.25, 0.3) is 11.4 Å². The number of carbonyl (C=O) groups excluding carboxylic acids is 1. The number of nitrogens with zero attached hydrogens (tertiary/aromatic N) is 3. The van der Waals surface area contributed by atoms with Gasteiger partial charge in [-0.05, 0) is 48.0 Å². The molecule has 4 aromatic rings. The minimum atomic E-state index is -0.225. The van der Waals surface area contributed by atoms with Crippen LogP contribution in [0.3, 0.4) is 0 Å². The third-order valence-corrected chi connectivity index (χ3v) is 4.77. The molecule has 7 heteroatoms. The lowest BCUT2D eigenvalue weighted by Crippen LogP contribution is -2.12. The van der Waals surface area contributed by atoms with Crippen molar-refractivity contribution in [1.29, 1.82) is 0 Å². The molecule has 0 atom stereocenters. The van der Waals surface area contributed by atoms with Gasteiger partial charge in [-0.25, -0.2) is 9.67 Å². The van der Waals surface area contributed by atoms with E-state index in [0.29, 0.717) is 22.0 Å². The number of hydrogen-bond donors (Lipinski definition) is 2. The van der Waals surface area contributed by atoms with Crippen LogP contribution in [-0.4, -0.2) is 20.7 Å². The van der Waals surface area contributed by atoms with Gasteiger partial charge in [-0.1, -0.05) is 48.5 Å². The zero-order valence-electron chi connectivity index (χ0n) is 15.9. The first-order valence-corrected chi connectivity index (χ1v) is 9.55. The molecule has 2 N–H and O–H groups in total. The number of benzene rings is 3. The molecule has 0 aliphatic carbocycles. The largest absolute Gasteiger partial charge is 0.355 e. The topological polar surface area (TPSA) is 71.8 Å². The Balaban J connectivity index is 1.47. The molecule has 0 aliphatic heterocycles. The molecule has 3 aromatic carbocycles. The Hall–Kier alpha value is -3.90. The first kappa shape index (κ1) is 19.4. The zero-order valence-corrected chi connectivity index (χ0v) is 16.7. The van der Waals surface area contributed by atoms with Gasteiger partial charge >= 0.3 is 0 Å². The smallest absolute Gasteiger partial charge is 0.255 e. The molecule has 0 radical (unpaired) electrons. The lowest BCUT2D eigenvalue weighted by atomic mass is 10.1. The monoisotopic (exact) mass is 415 g/mol. The van der Waals surface area contributed by atoms with Crippen LogP contribution in [0, 0.1) is 0 Å². The molecule has 30 heavy (non-hydrogen) atoms. The van der Waals surface area contributed by atoms with Gasteiger partial charge < -0.3 is 10.6 Å². The van der Waals surface area contributed by atoms with Crippen LogP contribution < -0.4 is 10.6 Å². The van der Waals surface area contributed by atoms with Crippen LogP contribution in [-0.2, 0) is 0 Å². The van der Waals surface area contributed by atoms with Crippen LogP contribution >= 0.6 is 11.6 Å². The summed E-state index contributed by atoms with van der Waals surface area (Å²) >= 11 is 6.27. The molecule has 1 heterocycles. The second-order valence-electron chi connectivity index (χ2n) is 6.51. The van der Waals surface area contributed by atoms with Crippen molar-refractivity contribution < 1.29 is 4.79 Å². The maximum absolute atomic E-state index is 12.4. The van der Waals surface area contributed by atoms with E-state index in [2.05, 4.69) is 27.3 Å². The van der Waals surface area contributed by atoms with Crippen LogP contribution in [0.15, 0.2) is 92.0 Å². The molecule has 0 bridgehead atoms. The number of aromatic nitrogens is 3. The molecule has 4 rings (SSSR count). The average Bonchev–Trinajstić information content (AvgIpc) is 3.32. The number of nitrogens with one attached hydrogen (secondary N) is 2. The standard InChI is InChI=1S/C23H18ClN5O/c1-16(17-7-10-20(11-8-17)29-15-25-14-26-29)27-19-9-12-21(24)22(13-19)28-23(30)18-5-3-2-4-6-18/h2-15,27H,1H2,(H,28,30). The van der Waals surface area contributed by atoms with E-state index in [4.69, 9.17) is 11.6 Å². The van der Waals surface area contributed by atoms with Crippen LogP contribution in [0.4, 0.5) is 11.4 Å². The fourth-order valence-corrected chi connectivity index (χ4v) is 3.05. The predicted octanol–water partition coefficient (Wildman–Crippen LogP) is 5.26. The average molecular weight is 416 g/mol. The Labute approximate surface area is 178 Å². The highest BCUT2D eigenvalue weighted by molar-refractivity contribution is 6.34. The summed E-state index contributed by atoms with van der Waals surface area (Å²) in [5.41, 5.74) is 4.37. The van der Waals surface area contributed by atoms with Crippen LogP contribution in [0.5, 0.6) is 0 Å². The fraction of sp³-hybridized carbons (Fsp3) is 0. The Morgan fingerprint density at radius 3 is 2.40 bits per heavy atom. The van der Waals surface area contributed by atoms with E-state index in [0.717, 1.165) is 16.9 Å². The van der Waals surface area contributed by atoms with Gasteiger partial charge in [0.2, 0.25) is 0 Å². The summed E-state index contributed by atoms with van der Waals surface area (Å²) in [6.07, 6.45) is 3.13. The summed E-state index contributed by atoms with van der Waals surface area (Å²) in [7, 11) is 0. The predicted molar refractivity (Wildman–Crippen MR) is 120 cm³/mol. The molecule has 0 spiro atoms. The highest BCUT2D eigenvalue weighted by Gasteiger charge is 2.10. The Morgan fingerprint density at radius 2 is 1.70 bits per heavy atom. The van der Waals surface area contributed by atoms with Crippen molar-refractivity contribution in [1.82, 2.24) is 14.8 Å². The zero-order chi connectivity index (χ0) is 20.9. The van der Waals surface area contributed by atoms with Gasteiger partial charge in [-0.15, -0.1) is 0 Å². The van der Waals surface area contributed by atoms with E-state index in [-0.39, 0.29) is 5.91 Å². The number of carbonyl (C=O) groups is 1. The Kier molecular flexibility index (Phi) is 5.59. The van der Waals surface area contributed by atoms with Crippen molar-refractivity contribution in [2.24, 2.45) is 0 Å². The van der Waals surface area contributed by atoms with Crippen molar-refractivity contribution in [3.05, 3.63) is 108 Å². The highest BCUT2D eigenvalue weighted by atomic mass is 35.5. The molecule has 0 aliphatic rings. The first-order chi connectivity index (χ1) is 14.6. The fourth-order valence-electron chi connectivity index (χ4n) is 2.89. The maximum atomic E-state index is 12.4. The quantitative estimate of drug-likeness (QED) is 0.450. The lowest BCUT2D eigenvalue weighted by molar-refractivity contribution is 0.102. The van der Waals surface area contributed by atoms with E-state index in [1.807, 2.05) is 48.5 Å². The first-order valence-electron chi connectivity index (χ1n) is 9.17. The van der Waals surface area contributed by atoms with Crippen LogP contribution in [0.2, 0.25) is 5.02 Å². The lowest BCUT2D eigenvalue weighted by Gasteiger charge is -2.13. The van der Waals surface area contributed by atoms with Gasteiger partial charge in [0.1, 0.15) is 12.7 Å². The summed E-state index contributed by atoms with van der Waals surface area (Å²) in [4.78, 5) is 16.4. The van der Waals surface area contributed by atoms with E-state index in [9.17, 15) is 4.79 Å². The van der Waals surface area contributed by atoms with Gasteiger partial charge in [0.15, 0.2) is 0 Å². The minimum absolute atomic E-state index is 0.225. The van der Waals surface area contributed by atoms with Crippen molar-refractivity contribution in [3.8, 4) is 5.69 Å². The molecule has 1 aromatic heterocycles. The molecular formula is C23H18ClN5O. The summed E-state index contributed by atoms with van der Waals surface area (Å²) < 4.78 is 1.68. The maximum Gasteiger partial charge on any atom is 0.255 e. The summed E-state index contributed by atoms with van der Waals surface area (Å²) in [5, 5.41) is 10.7. The Morgan fingerprint density at radius 1 is 0.933 bits per heavy atom. The van der Waals surface area contributed by atoms with Gasteiger partial charge in [0, 0.05) is 16.9 Å². The number of halogens is 1. The van der Waals surface area contributed by atoms with Crippen LogP contribution in [0.1, 0.15) is 15.9 Å². The summed E-state index contributed by atoms with van der Waals surface area (Å²) in [5.74, 6) is -0.225. The Bertz CT molecular complexity index is 1170. The van der Waals surface area contributed by atoms with Gasteiger partial charge in [0.25, 0.3) is 5.91 Å². The van der Waals surface area contributed by atoms with Crippen molar-refractivity contribution >= 4 is 34.6 Å². The van der Waals surface area contributed by atoms with E-state index >= 15 is 0 Å². The second kappa shape index (κ2) is 8.63. The number of rotatable bonds is 6. The molecule has 0 fully saturated rings. The van der Waals surface area contributed by atoms with Gasteiger partial charge in [0.05, 0.1) is 16.4 Å². The molecule has 1 amide bonds. The SMILES string of the molecule is C=C(Nc1ccc(Cl)c(NC(=O)c2ccccc2)c1)c1ccc(-n2cncn2)cc1. The van der Waals surface area contributed by atoms with E-state index in [1.54, 1.807) is 35.3 Å². The van der Waals surface area contributed by atoms with Crippen molar-refractivity contribution in [2.75, 3.05) is 10.6 Å². The normalized spacial score (nSPS) is 10.4. The van der Waals surface area contributed by atoms with Crippen molar-refractivity contribution in [2.45, 2.75) is 0 Å². The molecule has 0 unspecified atom stereocenters. The summed E-state index contributed by atoms with van der Waals surface area (Å²) in [6.45, 7) is 4.11. The van der Waals surface area contributed by atoms with E-state index in [1.165, 1.54) is 6.33 Å². The number of anilines is 2. The molecule has 0 saturated heterocycles. The third-order valence-electron chi connectivity index (χ3n) is 4.44. The highest BCUT2D eigenvalue weighted by Crippen LogP contribution is 2.28. The summed E-state index contributed by atoms with van der Waals surface area (Å²) in [6, 6.07) is 22.1. The molecular weight excluding hydrogens is 398 g/mol. The molecule has 6 nitrogen and oxygen atoms in total. The molecule has 0 saturated carbocycles. The number of amides is 1. The van der Waals surface area contributed by atoms with Gasteiger partial charge in [-0.2, -0.15) is 5.10 Å². The third kappa shape index (κ3) is 4.39.